The zero-order chi connectivity index (χ0) is 17.3. The SMILES string of the molecule is COCC(=O)N1CCN(C(=O)c2cccnn2)[C@@H]2CS(=O)(=O)C[C@@H]21. The average Bonchev–Trinajstić information content (AvgIpc) is 2.89. The molecule has 130 valence electrons. The lowest BCUT2D eigenvalue weighted by molar-refractivity contribution is -0.140. The number of carbonyl (C=O) groups excluding carboxylic acids is 2. The number of amides is 2. The van der Waals surface area contributed by atoms with Crippen LogP contribution in [0.5, 0.6) is 0 Å². The highest BCUT2D eigenvalue weighted by Crippen LogP contribution is 2.28. The van der Waals surface area contributed by atoms with Crippen molar-refractivity contribution < 1.29 is 22.7 Å². The summed E-state index contributed by atoms with van der Waals surface area (Å²) in [7, 11) is -1.91. The van der Waals surface area contributed by atoms with Crippen LogP contribution in [0.15, 0.2) is 18.3 Å². The van der Waals surface area contributed by atoms with Crippen LogP contribution in [0.1, 0.15) is 10.5 Å². The Labute approximate surface area is 139 Å². The number of nitrogens with zero attached hydrogens (tertiary/aromatic N) is 4. The molecule has 9 nitrogen and oxygen atoms in total. The van der Waals surface area contributed by atoms with Gasteiger partial charge < -0.3 is 14.5 Å². The van der Waals surface area contributed by atoms with Crippen molar-refractivity contribution in [3.05, 3.63) is 24.0 Å². The second-order valence-electron chi connectivity index (χ2n) is 5.84. The number of rotatable bonds is 3. The number of methoxy groups -OCH3 is 1. The predicted octanol–water partition coefficient (Wildman–Crippen LogP) is -1.43. The molecule has 2 saturated heterocycles. The molecule has 2 aliphatic rings. The van der Waals surface area contributed by atoms with Crippen molar-refractivity contribution in [2.24, 2.45) is 0 Å². The van der Waals surface area contributed by atoms with Gasteiger partial charge in [-0.2, -0.15) is 5.10 Å². The van der Waals surface area contributed by atoms with Gasteiger partial charge in [0.2, 0.25) is 5.91 Å². The van der Waals surface area contributed by atoms with Crippen molar-refractivity contribution in [2.45, 2.75) is 12.1 Å². The standard InChI is InChI=1S/C14H18N4O5S/c1-23-7-13(19)17-5-6-18(12-9-24(21,22)8-11(12)17)14(20)10-3-2-4-15-16-10/h2-4,11-12H,5-9H2,1H3/t11-,12+/m0/s1. The summed E-state index contributed by atoms with van der Waals surface area (Å²) in [4.78, 5) is 27.8. The second kappa shape index (κ2) is 6.44. The summed E-state index contributed by atoms with van der Waals surface area (Å²) in [6.45, 7) is 0.411. The largest absolute Gasteiger partial charge is 0.375 e. The van der Waals surface area contributed by atoms with Crippen molar-refractivity contribution in [1.82, 2.24) is 20.0 Å². The summed E-state index contributed by atoms with van der Waals surface area (Å²) >= 11 is 0. The van der Waals surface area contributed by atoms with Crippen LogP contribution >= 0.6 is 0 Å². The molecule has 3 heterocycles. The Kier molecular flexibility index (Phi) is 4.50. The molecular formula is C14H18N4O5S. The van der Waals surface area contributed by atoms with E-state index in [1.807, 2.05) is 0 Å². The topological polar surface area (TPSA) is 110 Å². The lowest BCUT2D eigenvalue weighted by atomic mass is 10.0. The molecule has 2 aliphatic heterocycles. The monoisotopic (exact) mass is 354 g/mol. The maximum atomic E-state index is 12.7. The fourth-order valence-corrected chi connectivity index (χ4v) is 5.26. The van der Waals surface area contributed by atoms with Crippen molar-refractivity contribution >= 4 is 21.7 Å². The first-order chi connectivity index (χ1) is 11.4. The minimum absolute atomic E-state index is 0.110. The van der Waals surface area contributed by atoms with E-state index in [0.29, 0.717) is 0 Å². The fraction of sp³-hybridized carbons (Fsp3) is 0.571. The van der Waals surface area contributed by atoms with Crippen LogP contribution in [0, 0.1) is 0 Å². The van der Waals surface area contributed by atoms with Crippen LogP contribution in [0.3, 0.4) is 0 Å². The van der Waals surface area contributed by atoms with Crippen LogP contribution in [-0.4, -0.2) is 90.6 Å². The number of ether oxygens (including phenoxy) is 1. The highest BCUT2D eigenvalue weighted by Gasteiger charge is 2.49. The zero-order valence-electron chi connectivity index (χ0n) is 13.2. The van der Waals surface area contributed by atoms with Gasteiger partial charge in [-0.05, 0) is 12.1 Å². The number of sulfone groups is 1. The summed E-state index contributed by atoms with van der Waals surface area (Å²) < 4.78 is 29.0. The highest BCUT2D eigenvalue weighted by atomic mass is 32.2. The predicted molar refractivity (Wildman–Crippen MR) is 82.9 cm³/mol. The molecule has 1 aromatic heterocycles. The van der Waals surface area contributed by atoms with Gasteiger partial charge in [-0.1, -0.05) is 0 Å². The third kappa shape index (κ3) is 3.11. The number of aromatic nitrogens is 2. The molecule has 3 rings (SSSR count). The van der Waals surface area contributed by atoms with E-state index in [-0.39, 0.29) is 48.7 Å². The smallest absolute Gasteiger partial charge is 0.274 e. The molecular weight excluding hydrogens is 336 g/mol. The summed E-state index contributed by atoms with van der Waals surface area (Å²) in [5, 5.41) is 7.48. The van der Waals surface area contributed by atoms with Gasteiger partial charge in [0.15, 0.2) is 15.5 Å². The Bertz CT molecular complexity index is 739. The molecule has 0 spiro atoms. The number of piperazine rings is 1. The summed E-state index contributed by atoms with van der Waals surface area (Å²) in [5.41, 5.74) is 0.164. The zero-order valence-corrected chi connectivity index (χ0v) is 14.0. The molecule has 0 N–H and O–H groups in total. The minimum Gasteiger partial charge on any atom is -0.375 e. The Morgan fingerprint density at radius 1 is 1.25 bits per heavy atom. The number of carbonyl (C=O) groups is 2. The van der Waals surface area contributed by atoms with Gasteiger partial charge in [-0.15, -0.1) is 5.10 Å². The Morgan fingerprint density at radius 2 is 1.92 bits per heavy atom. The van der Waals surface area contributed by atoms with Gasteiger partial charge >= 0.3 is 0 Å². The molecule has 10 heteroatoms. The van der Waals surface area contributed by atoms with Crippen LogP contribution in [-0.2, 0) is 19.4 Å². The van der Waals surface area contributed by atoms with E-state index in [1.165, 1.54) is 29.2 Å². The van der Waals surface area contributed by atoms with E-state index in [4.69, 9.17) is 4.74 Å². The van der Waals surface area contributed by atoms with Crippen molar-refractivity contribution in [3.8, 4) is 0 Å². The second-order valence-corrected chi connectivity index (χ2v) is 7.99. The maximum absolute atomic E-state index is 12.7. The minimum atomic E-state index is -3.32. The average molecular weight is 354 g/mol. The van der Waals surface area contributed by atoms with Gasteiger partial charge in [0.25, 0.3) is 5.91 Å². The molecule has 0 aromatic carbocycles. The molecule has 2 fully saturated rings. The molecule has 0 aliphatic carbocycles. The molecule has 24 heavy (non-hydrogen) atoms. The molecule has 0 unspecified atom stereocenters. The lowest BCUT2D eigenvalue weighted by Crippen LogP contribution is -2.62. The van der Waals surface area contributed by atoms with Gasteiger partial charge in [-0.25, -0.2) is 8.42 Å². The first-order valence-electron chi connectivity index (χ1n) is 7.50. The van der Waals surface area contributed by atoms with E-state index in [9.17, 15) is 18.0 Å². The first kappa shape index (κ1) is 16.8. The van der Waals surface area contributed by atoms with Gasteiger partial charge in [-0.3, -0.25) is 9.59 Å². The number of hydrogen-bond donors (Lipinski definition) is 0. The molecule has 2 atom stereocenters. The quantitative estimate of drug-likeness (QED) is 0.655. The molecule has 0 saturated carbocycles. The number of hydrogen-bond acceptors (Lipinski definition) is 7. The third-order valence-corrected chi connectivity index (χ3v) is 6.02. The molecule has 0 radical (unpaired) electrons. The van der Waals surface area contributed by atoms with Crippen LogP contribution in [0.2, 0.25) is 0 Å². The van der Waals surface area contributed by atoms with Gasteiger partial charge in [0.1, 0.15) is 6.61 Å². The highest BCUT2D eigenvalue weighted by molar-refractivity contribution is 7.91. The fourth-order valence-electron chi connectivity index (χ4n) is 3.28. The van der Waals surface area contributed by atoms with Crippen LogP contribution < -0.4 is 0 Å². The molecule has 2 amide bonds. The molecule has 1 aromatic rings. The van der Waals surface area contributed by atoms with Gasteiger partial charge in [0.05, 0.1) is 23.6 Å². The first-order valence-corrected chi connectivity index (χ1v) is 9.32. The van der Waals surface area contributed by atoms with Crippen molar-refractivity contribution in [3.63, 3.8) is 0 Å². The summed E-state index contributed by atoms with van der Waals surface area (Å²) in [6, 6.07) is 2.02. The Balaban J connectivity index is 1.87. The van der Waals surface area contributed by atoms with E-state index in [2.05, 4.69) is 10.2 Å². The van der Waals surface area contributed by atoms with Crippen molar-refractivity contribution in [2.75, 3.05) is 38.3 Å². The Hall–Kier alpha value is -2.07. The summed E-state index contributed by atoms with van der Waals surface area (Å²) in [6.07, 6.45) is 1.46. The van der Waals surface area contributed by atoms with Gasteiger partial charge in [0, 0.05) is 26.4 Å². The third-order valence-electron chi connectivity index (χ3n) is 4.32. The van der Waals surface area contributed by atoms with Crippen LogP contribution in [0.4, 0.5) is 0 Å². The lowest BCUT2D eigenvalue weighted by Gasteiger charge is -2.43. The molecule has 0 bridgehead atoms. The van der Waals surface area contributed by atoms with E-state index in [1.54, 1.807) is 6.07 Å². The van der Waals surface area contributed by atoms with E-state index >= 15 is 0 Å². The van der Waals surface area contributed by atoms with E-state index < -0.39 is 21.9 Å². The van der Waals surface area contributed by atoms with E-state index in [0.717, 1.165) is 0 Å². The normalized spacial score (nSPS) is 25.4. The van der Waals surface area contributed by atoms with Crippen molar-refractivity contribution in [1.29, 1.82) is 0 Å². The Morgan fingerprint density at radius 3 is 2.54 bits per heavy atom. The summed E-state index contributed by atoms with van der Waals surface area (Å²) in [5.74, 6) is -0.928. The van der Waals surface area contributed by atoms with Crippen LogP contribution in [0.25, 0.3) is 0 Å². The number of fused-ring (bicyclic) bond motifs is 1. The maximum Gasteiger partial charge on any atom is 0.274 e.